The number of anilines is 2. The number of thioether (sulfide) groups is 1. The van der Waals surface area contributed by atoms with Crippen molar-refractivity contribution < 1.29 is 27.6 Å². The number of hydrogen-bond donors (Lipinski definition) is 3. The van der Waals surface area contributed by atoms with Crippen LogP contribution >= 0.6 is 23.4 Å². The lowest BCUT2D eigenvalue weighted by Gasteiger charge is -2.12. The van der Waals surface area contributed by atoms with Crippen LogP contribution in [0.15, 0.2) is 114 Å². The summed E-state index contributed by atoms with van der Waals surface area (Å²) in [4.78, 5) is 38.9. The van der Waals surface area contributed by atoms with E-state index in [4.69, 9.17) is 11.6 Å². The van der Waals surface area contributed by atoms with E-state index in [-0.39, 0.29) is 17.1 Å². The van der Waals surface area contributed by atoms with Crippen molar-refractivity contribution in [3.63, 3.8) is 0 Å². The number of alkyl halides is 3. The number of carbonyl (C=O) groups is 3. The molecule has 214 valence electrons. The first-order valence-corrected chi connectivity index (χ1v) is 13.8. The van der Waals surface area contributed by atoms with Crippen LogP contribution in [0.1, 0.15) is 21.5 Å². The van der Waals surface area contributed by atoms with Gasteiger partial charge in [-0.1, -0.05) is 54.1 Å². The maximum Gasteiger partial charge on any atom is 0.416 e. The third-order valence-electron chi connectivity index (χ3n) is 5.69. The largest absolute Gasteiger partial charge is 0.416 e. The minimum Gasteiger partial charge on any atom is -0.325 e. The van der Waals surface area contributed by atoms with Crippen molar-refractivity contribution in [2.45, 2.75) is 11.1 Å². The predicted octanol–water partition coefficient (Wildman–Crippen LogP) is 7.50. The second kappa shape index (κ2) is 13.9. The second-order valence-corrected chi connectivity index (χ2v) is 10.2. The molecule has 0 aliphatic carbocycles. The zero-order valence-corrected chi connectivity index (χ0v) is 23.3. The molecule has 6 nitrogen and oxygen atoms in total. The average molecular weight is 610 g/mol. The van der Waals surface area contributed by atoms with Gasteiger partial charge in [0, 0.05) is 26.9 Å². The van der Waals surface area contributed by atoms with Gasteiger partial charge in [-0.05, 0) is 72.3 Å². The molecule has 0 aliphatic rings. The lowest BCUT2D eigenvalue weighted by molar-refractivity contribution is -0.137. The molecule has 0 saturated carbocycles. The molecular weight excluding hydrogens is 587 g/mol. The number of nitrogens with one attached hydrogen (secondary N) is 3. The van der Waals surface area contributed by atoms with Gasteiger partial charge in [-0.15, -0.1) is 11.8 Å². The summed E-state index contributed by atoms with van der Waals surface area (Å²) < 4.78 is 38.7. The van der Waals surface area contributed by atoms with Gasteiger partial charge in [-0.3, -0.25) is 14.4 Å². The van der Waals surface area contributed by atoms with Crippen molar-refractivity contribution in [3.8, 4) is 0 Å². The highest BCUT2D eigenvalue weighted by atomic mass is 35.5. The second-order valence-electron chi connectivity index (χ2n) is 8.79. The Morgan fingerprint density at radius 2 is 1.48 bits per heavy atom. The lowest BCUT2D eigenvalue weighted by Crippen LogP contribution is -2.30. The third kappa shape index (κ3) is 8.73. The van der Waals surface area contributed by atoms with E-state index in [0.717, 1.165) is 12.1 Å². The van der Waals surface area contributed by atoms with Crippen molar-refractivity contribution in [3.05, 3.63) is 131 Å². The molecule has 0 heterocycles. The quantitative estimate of drug-likeness (QED) is 0.135. The van der Waals surface area contributed by atoms with Gasteiger partial charge in [0.2, 0.25) is 5.91 Å². The van der Waals surface area contributed by atoms with Gasteiger partial charge >= 0.3 is 6.18 Å². The number of carbonyl (C=O) groups excluding carboxylic acids is 3. The molecule has 0 atom stereocenters. The van der Waals surface area contributed by atoms with Crippen LogP contribution in [0.2, 0.25) is 5.02 Å². The highest BCUT2D eigenvalue weighted by molar-refractivity contribution is 8.00. The fourth-order valence-electron chi connectivity index (χ4n) is 3.64. The van der Waals surface area contributed by atoms with Gasteiger partial charge in [0.15, 0.2) is 0 Å². The van der Waals surface area contributed by atoms with E-state index >= 15 is 0 Å². The summed E-state index contributed by atoms with van der Waals surface area (Å²) in [6.07, 6.45) is -3.03. The van der Waals surface area contributed by atoms with Crippen LogP contribution in [-0.2, 0) is 15.8 Å². The van der Waals surface area contributed by atoms with Crippen molar-refractivity contribution in [1.29, 1.82) is 0 Å². The Labute approximate surface area is 249 Å². The van der Waals surface area contributed by atoms with E-state index in [1.807, 2.05) is 0 Å². The van der Waals surface area contributed by atoms with Crippen LogP contribution in [0.4, 0.5) is 24.5 Å². The maximum absolute atomic E-state index is 13.2. The van der Waals surface area contributed by atoms with Gasteiger partial charge in [0.25, 0.3) is 11.8 Å². The molecule has 0 unspecified atom stereocenters. The number of halogens is 4. The Balaban J connectivity index is 1.39. The maximum atomic E-state index is 13.2. The van der Waals surface area contributed by atoms with E-state index < -0.39 is 29.5 Å². The van der Waals surface area contributed by atoms with E-state index in [1.54, 1.807) is 78.9 Å². The van der Waals surface area contributed by atoms with Crippen LogP contribution < -0.4 is 16.0 Å². The van der Waals surface area contributed by atoms with Crippen LogP contribution in [0.3, 0.4) is 0 Å². The van der Waals surface area contributed by atoms with Gasteiger partial charge in [-0.25, -0.2) is 0 Å². The van der Waals surface area contributed by atoms with Gasteiger partial charge in [-0.2, -0.15) is 13.2 Å². The van der Waals surface area contributed by atoms with E-state index in [2.05, 4.69) is 16.0 Å². The normalized spacial score (nSPS) is 11.5. The smallest absolute Gasteiger partial charge is 0.325 e. The Hall–Kier alpha value is -4.54. The number of benzene rings is 4. The molecule has 0 spiro atoms. The van der Waals surface area contributed by atoms with Crippen LogP contribution in [-0.4, -0.2) is 23.5 Å². The molecule has 4 rings (SSSR count). The number of amides is 3. The zero-order chi connectivity index (χ0) is 30.1. The van der Waals surface area contributed by atoms with E-state index in [1.165, 1.54) is 30.0 Å². The first-order valence-electron chi connectivity index (χ1n) is 12.4. The highest BCUT2D eigenvalue weighted by Gasteiger charge is 2.30. The molecule has 42 heavy (non-hydrogen) atoms. The van der Waals surface area contributed by atoms with Crippen molar-refractivity contribution >= 4 is 58.5 Å². The zero-order valence-electron chi connectivity index (χ0n) is 21.7. The molecule has 4 aromatic carbocycles. The van der Waals surface area contributed by atoms with Gasteiger partial charge in [0.1, 0.15) is 5.70 Å². The minimum absolute atomic E-state index is 0.0262. The first kappa shape index (κ1) is 30.4. The SMILES string of the molecule is O=C(CSc1ccc(NC(=O)/C(=C/c2ccccc2Cl)NC(=O)c2ccccc2)cc1)Nc1cccc(C(F)(F)F)c1. The molecule has 0 fully saturated rings. The van der Waals surface area contributed by atoms with Crippen molar-refractivity contribution in [2.75, 3.05) is 16.4 Å². The Morgan fingerprint density at radius 1 is 0.786 bits per heavy atom. The molecule has 3 amide bonds. The summed E-state index contributed by atoms with van der Waals surface area (Å²) in [6, 6.07) is 26.3. The first-order chi connectivity index (χ1) is 20.1. The Bertz CT molecular complexity index is 1610. The molecular formula is C31H23ClF3N3O3S. The standard InChI is InChI=1S/C31H23ClF3N3O3S/c32-26-12-5-4-9-21(26)17-27(38-29(40)20-7-2-1-3-8-20)30(41)37-23-13-15-25(16-14-23)42-19-28(39)36-24-11-6-10-22(18-24)31(33,34)35/h1-18H,19H2,(H,36,39)(H,37,41)(H,38,40)/b27-17-. The summed E-state index contributed by atoms with van der Waals surface area (Å²) in [5.41, 5.74) is 0.503. The van der Waals surface area contributed by atoms with Crippen LogP contribution in [0.25, 0.3) is 6.08 Å². The van der Waals surface area contributed by atoms with E-state index in [0.29, 0.717) is 26.7 Å². The average Bonchev–Trinajstić information content (AvgIpc) is 2.97. The number of hydrogen-bond acceptors (Lipinski definition) is 4. The molecule has 4 aromatic rings. The molecule has 0 bridgehead atoms. The van der Waals surface area contributed by atoms with Crippen molar-refractivity contribution in [2.24, 2.45) is 0 Å². The lowest BCUT2D eigenvalue weighted by atomic mass is 10.1. The fourth-order valence-corrected chi connectivity index (χ4v) is 4.53. The summed E-state index contributed by atoms with van der Waals surface area (Å²) in [5, 5.41) is 8.24. The summed E-state index contributed by atoms with van der Waals surface area (Å²) in [6.45, 7) is 0. The van der Waals surface area contributed by atoms with Crippen molar-refractivity contribution in [1.82, 2.24) is 5.32 Å². The van der Waals surface area contributed by atoms with Gasteiger partial charge < -0.3 is 16.0 Å². The summed E-state index contributed by atoms with van der Waals surface area (Å²) in [7, 11) is 0. The highest BCUT2D eigenvalue weighted by Crippen LogP contribution is 2.31. The molecule has 0 saturated heterocycles. The predicted molar refractivity (Wildman–Crippen MR) is 159 cm³/mol. The van der Waals surface area contributed by atoms with Crippen LogP contribution in [0, 0.1) is 0 Å². The Morgan fingerprint density at radius 3 is 2.17 bits per heavy atom. The fraction of sp³-hybridized carbons (Fsp3) is 0.0645. The molecule has 11 heteroatoms. The minimum atomic E-state index is -4.51. The summed E-state index contributed by atoms with van der Waals surface area (Å²) >= 11 is 7.43. The third-order valence-corrected chi connectivity index (χ3v) is 7.05. The molecule has 0 aliphatic heterocycles. The molecule has 0 aromatic heterocycles. The Kier molecular flexibility index (Phi) is 10.1. The monoisotopic (exact) mass is 609 g/mol. The molecule has 0 radical (unpaired) electrons. The van der Waals surface area contributed by atoms with Crippen LogP contribution in [0.5, 0.6) is 0 Å². The topological polar surface area (TPSA) is 87.3 Å². The van der Waals surface area contributed by atoms with E-state index in [9.17, 15) is 27.6 Å². The number of rotatable bonds is 9. The summed E-state index contributed by atoms with van der Waals surface area (Å²) in [5.74, 6) is -1.57. The van der Waals surface area contributed by atoms with Gasteiger partial charge in [0.05, 0.1) is 11.3 Å². The molecule has 3 N–H and O–H groups in total.